The van der Waals surface area contributed by atoms with E-state index in [1.54, 1.807) is 0 Å². The molecule has 1 aromatic heterocycles. The largest absolute Gasteiger partial charge is 0.465 e. The van der Waals surface area contributed by atoms with Gasteiger partial charge in [0.25, 0.3) is 0 Å². The number of aromatic nitrogens is 1. The van der Waals surface area contributed by atoms with Gasteiger partial charge in [-0.25, -0.2) is 17.9 Å². The van der Waals surface area contributed by atoms with Crippen LogP contribution in [0.3, 0.4) is 0 Å². The van der Waals surface area contributed by atoms with E-state index in [9.17, 15) is 13.2 Å². The van der Waals surface area contributed by atoms with E-state index in [2.05, 4.69) is 9.88 Å². The standard InChI is InChI=1S/C19H25N3O5S/c1-4-13-12-22(11-10-15(13)21-28(3,24)25)18-16(19(23)26-2)17(27-20-18)14-8-6-5-7-9-14/h5-9,13,15,21H,4,10-12H2,1-3H3/t13-,15+/m1/s1. The predicted molar refractivity (Wildman–Crippen MR) is 106 cm³/mol. The van der Waals surface area contributed by atoms with E-state index in [-0.39, 0.29) is 17.5 Å². The molecule has 0 saturated carbocycles. The second-order valence-electron chi connectivity index (χ2n) is 6.97. The minimum atomic E-state index is -3.28. The third-order valence-electron chi connectivity index (χ3n) is 5.02. The molecule has 1 saturated heterocycles. The van der Waals surface area contributed by atoms with Gasteiger partial charge in [0.2, 0.25) is 10.0 Å². The lowest BCUT2D eigenvalue weighted by Crippen LogP contribution is -2.51. The molecule has 3 rings (SSSR count). The van der Waals surface area contributed by atoms with Crippen molar-refractivity contribution in [1.82, 2.24) is 9.88 Å². The van der Waals surface area contributed by atoms with Crippen LogP contribution in [-0.4, -0.2) is 52.0 Å². The number of carbonyl (C=O) groups is 1. The van der Waals surface area contributed by atoms with Crippen molar-refractivity contribution in [3.05, 3.63) is 35.9 Å². The fourth-order valence-electron chi connectivity index (χ4n) is 3.64. The first-order valence-electron chi connectivity index (χ1n) is 9.19. The summed E-state index contributed by atoms with van der Waals surface area (Å²) in [5.74, 6) is 0.374. The molecule has 1 aliphatic heterocycles. The average molecular weight is 407 g/mol. The van der Waals surface area contributed by atoms with Gasteiger partial charge in [-0.1, -0.05) is 48.8 Å². The maximum atomic E-state index is 12.5. The summed E-state index contributed by atoms with van der Waals surface area (Å²) in [7, 11) is -1.96. The van der Waals surface area contributed by atoms with Gasteiger partial charge in [0.15, 0.2) is 17.1 Å². The number of benzene rings is 1. The van der Waals surface area contributed by atoms with Gasteiger partial charge in [0.1, 0.15) is 0 Å². The Labute approximate surface area is 164 Å². The van der Waals surface area contributed by atoms with Crippen LogP contribution in [0.5, 0.6) is 0 Å². The summed E-state index contributed by atoms with van der Waals surface area (Å²) in [6.07, 6.45) is 2.57. The number of ether oxygens (including phenoxy) is 1. The normalized spacial score (nSPS) is 20.2. The monoisotopic (exact) mass is 407 g/mol. The Bertz CT molecular complexity index is 926. The number of esters is 1. The van der Waals surface area contributed by atoms with Gasteiger partial charge in [0.05, 0.1) is 13.4 Å². The highest BCUT2D eigenvalue weighted by atomic mass is 32.2. The molecule has 1 aliphatic rings. The van der Waals surface area contributed by atoms with E-state index in [0.29, 0.717) is 31.1 Å². The lowest BCUT2D eigenvalue weighted by molar-refractivity contribution is 0.0601. The molecule has 1 aromatic carbocycles. The van der Waals surface area contributed by atoms with Crippen molar-refractivity contribution < 1.29 is 22.5 Å². The smallest absolute Gasteiger partial charge is 0.345 e. The second kappa shape index (κ2) is 8.32. The first-order valence-corrected chi connectivity index (χ1v) is 11.1. The van der Waals surface area contributed by atoms with Gasteiger partial charge < -0.3 is 14.2 Å². The zero-order chi connectivity index (χ0) is 20.3. The van der Waals surface area contributed by atoms with E-state index in [0.717, 1.165) is 12.0 Å². The maximum Gasteiger partial charge on any atom is 0.345 e. The number of carbonyl (C=O) groups excluding carboxylic acids is 1. The summed E-state index contributed by atoms with van der Waals surface area (Å²) in [4.78, 5) is 14.5. The molecule has 152 valence electrons. The topological polar surface area (TPSA) is 102 Å². The summed E-state index contributed by atoms with van der Waals surface area (Å²) < 4.78 is 36.5. The highest BCUT2D eigenvalue weighted by Crippen LogP contribution is 2.34. The summed E-state index contributed by atoms with van der Waals surface area (Å²) in [5, 5.41) is 4.17. The Morgan fingerprint density at radius 3 is 2.68 bits per heavy atom. The molecule has 0 amide bonds. The Balaban J connectivity index is 1.92. The fourth-order valence-corrected chi connectivity index (χ4v) is 4.50. The van der Waals surface area contributed by atoms with Crippen molar-refractivity contribution in [1.29, 1.82) is 0 Å². The Morgan fingerprint density at radius 1 is 1.36 bits per heavy atom. The Hall–Kier alpha value is -2.39. The van der Waals surface area contributed by atoms with Gasteiger partial charge in [0, 0.05) is 24.7 Å². The number of nitrogens with one attached hydrogen (secondary N) is 1. The van der Waals surface area contributed by atoms with Crippen LogP contribution in [0.4, 0.5) is 5.82 Å². The van der Waals surface area contributed by atoms with Crippen molar-refractivity contribution in [2.45, 2.75) is 25.8 Å². The number of sulfonamides is 1. The SMILES string of the molecule is CC[C@@H]1CN(c2noc(-c3ccccc3)c2C(=O)OC)CC[C@@H]1NS(C)(=O)=O. The van der Waals surface area contributed by atoms with Crippen LogP contribution in [0.25, 0.3) is 11.3 Å². The molecule has 1 fully saturated rings. The van der Waals surface area contributed by atoms with Crippen molar-refractivity contribution >= 4 is 21.8 Å². The second-order valence-corrected chi connectivity index (χ2v) is 8.75. The molecule has 0 unspecified atom stereocenters. The molecule has 2 atom stereocenters. The molecule has 0 bridgehead atoms. The van der Waals surface area contributed by atoms with E-state index >= 15 is 0 Å². The minimum absolute atomic E-state index is 0.0887. The zero-order valence-electron chi connectivity index (χ0n) is 16.2. The third-order valence-corrected chi connectivity index (χ3v) is 5.75. The van der Waals surface area contributed by atoms with Gasteiger partial charge >= 0.3 is 5.97 Å². The van der Waals surface area contributed by atoms with Crippen molar-refractivity contribution in [2.24, 2.45) is 5.92 Å². The highest BCUT2D eigenvalue weighted by Gasteiger charge is 2.35. The van der Waals surface area contributed by atoms with Gasteiger partial charge in [-0.2, -0.15) is 0 Å². The predicted octanol–water partition coefficient (Wildman–Crippen LogP) is 2.28. The maximum absolute atomic E-state index is 12.5. The molecule has 0 aliphatic carbocycles. The van der Waals surface area contributed by atoms with Gasteiger partial charge in [-0.3, -0.25) is 0 Å². The quantitative estimate of drug-likeness (QED) is 0.733. The van der Waals surface area contributed by atoms with Crippen LogP contribution in [0, 0.1) is 5.92 Å². The van der Waals surface area contributed by atoms with E-state index in [1.807, 2.05) is 42.2 Å². The first-order chi connectivity index (χ1) is 13.3. The lowest BCUT2D eigenvalue weighted by atomic mass is 9.90. The molecule has 8 nitrogen and oxygen atoms in total. The van der Waals surface area contributed by atoms with E-state index < -0.39 is 16.0 Å². The highest BCUT2D eigenvalue weighted by molar-refractivity contribution is 7.88. The number of hydrogen-bond donors (Lipinski definition) is 1. The molecule has 0 spiro atoms. The van der Waals surface area contributed by atoms with Crippen LogP contribution in [0.1, 0.15) is 30.1 Å². The Morgan fingerprint density at radius 2 is 2.07 bits per heavy atom. The van der Waals surface area contributed by atoms with Crippen molar-refractivity contribution in [2.75, 3.05) is 31.4 Å². The molecule has 2 aromatic rings. The number of rotatable bonds is 6. The van der Waals surface area contributed by atoms with Crippen LogP contribution in [0.15, 0.2) is 34.9 Å². The number of anilines is 1. The zero-order valence-corrected chi connectivity index (χ0v) is 17.0. The van der Waals surface area contributed by atoms with Crippen LogP contribution in [0.2, 0.25) is 0 Å². The van der Waals surface area contributed by atoms with E-state index in [4.69, 9.17) is 9.26 Å². The van der Waals surface area contributed by atoms with Crippen LogP contribution < -0.4 is 9.62 Å². The van der Waals surface area contributed by atoms with Gasteiger partial charge in [-0.05, 0) is 12.3 Å². The number of methoxy groups -OCH3 is 1. The van der Waals surface area contributed by atoms with E-state index in [1.165, 1.54) is 13.4 Å². The number of nitrogens with zero attached hydrogens (tertiary/aromatic N) is 2. The average Bonchev–Trinajstić information content (AvgIpc) is 3.12. The molecular formula is C19H25N3O5S. The fraction of sp³-hybridized carbons (Fsp3) is 0.474. The summed E-state index contributed by atoms with van der Waals surface area (Å²) in [6.45, 7) is 3.13. The first kappa shape index (κ1) is 20.3. The number of piperidine rings is 1. The van der Waals surface area contributed by atoms with Crippen molar-refractivity contribution in [3.8, 4) is 11.3 Å². The molecular weight excluding hydrogens is 382 g/mol. The third kappa shape index (κ3) is 4.36. The summed E-state index contributed by atoms with van der Waals surface area (Å²) in [5.41, 5.74) is 1.03. The van der Waals surface area contributed by atoms with Crippen LogP contribution in [-0.2, 0) is 14.8 Å². The lowest BCUT2D eigenvalue weighted by Gasteiger charge is -2.38. The molecule has 2 heterocycles. The summed E-state index contributed by atoms with van der Waals surface area (Å²) in [6, 6.07) is 9.13. The summed E-state index contributed by atoms with van der Waals surface area (Å²) >= 11 is 0. The number of hydrogen-bond acceptors (Lipinski definition) is 7. The minimum Gasteiger partial charge on any atom is -0.465 e. The molecule has 28 heavy (non-hydrogen) atoms. The molecule has 1 N–H and O–H groups in total. The molecule has 9 heteroatoms. The van der Waals surface area contributed by atoms with Crippen LogP contribution >= 0.6 is 0 Å². The Kier molecular flexibility index (Phi) is 6.04. The molecule has 0 radical (unpaired) electrons. The van der Waals surface area contributed by atoms with Crippen molar-refractivity contribution in [3.63, 3.8) is 0 Å². The van der Waals surface area contributed by atoms with Gasteiger partial charge in [-0.15, -0.1) is 0 Å².